The van der Waals surface area contributed by atoms with Gasteiger partial charge in [0.05, 0.1) is 20.1 Å². The van der Waals surface area contributed by atoms with Crippen molar-refractivity contribution in [2.24, 2.45) is 0 Å². The molecule has 3 amide bonds. The summed E-state index contributed by atoms with van der Waals surface area (Å²) >= 11 is 2.85. The Kier molecular flexibility index (Phi) is 8.02. The Morgan fingerprint density at radius 2 is 1.94 bits per heavy atom. The molecule has 1 aliphatic heterocycles. The molecular formula is C26H17FIN3O4S. The van der Waals surface area contributed by atoms with Crippen LogP contribution in [0.1, 0.15) is 16.7 Å². The number of thioether (sulfide) groups is 1. The standard InChI is InChI=1S/C26H17FIN3O4S/c27-19-6-3-7-20(12-19)30-24(32)14-31-25(33)23(36-26(31)34)11-16-8-9-22(21(28)10-16)35-15-18-5-2-1-4-17(18)13-29/h1-12H,14-15H2,(H,30,32)/b23-11+. The molecule has 180 valence electrons. The molecule has 0 aliphatic carbocycles. The van der Waals surface area contributed by atoms with Gasteiger partial charge in [-0.2, -0.15) is 5.26 Å². The van der Waals surface area contributed by atoms with E-state index >= 15 is 0 Å². The molecule has 7 nitrogen and oxygen atoms in total. The summed E-state index contributed by atoms with van der Waals surface area (Å²) in [6, 6.07) is 20.0. The molecule has 1 N–H and O–H groups in total. The first-order valence-corrected chi connectivity index (χ1v) is 12.4. The molecule has 0 aromatic heterocycles. The van der Waals surface area contributed by atoms with Gasteiger partial charge in [-0.1, -0.05) is 30.3 Å². The van der Waals surface area contributed by atoms with Gasteiger partial charge in [0.25, 0.3) is 11.1 Å². The van der Waals surface area contributed by atoms with E-state index in [9.17, 15) is 24.0 Å². The van der Waals surface area contributed by atoms with Crippen LogP contribution < -0.4 is 10.1 Å². The highest BCUT2D eigenvalue weighted by molar-refractivity contribution is 14.1. The SMILES string of the molecule is N#Cc1ccccc1COc1ccc(/C=C2/SC(=O)N(CC(=O)Nc3cccc(F)c3)C2=O)cc1I. The molecule has 10 heteroatoms. The van der Waals surface area contributed by atoms with Crippen molar-refractivity contribution in [3.05, 3.63) is 97.7 Å². The van der Waals surface area contributed by atoms with Crippen molar-refractivity contribution in [3.8, 4) is 11.8 Å². The number of hydrogen-bond acceptors (Lipinski definition) is 6. The summed E-state index contributed by atoms with van der Waals surface area (Å²) < 4.78 is 20.0. The van der Waals surface area contributed by atoms with Gasteiger partial charge in [0.2, 0.25) is 5.91 Å². The Morgan fingerprint density at radius 3 is 2.69 bits per heavy atom. The van der Waals surface area contributed by atoms with E-state index in [-0.39, 0.29) is 17.2 Å². The van der Waals surface area contributed by atoms with E-state index in [1.807, 2.05) is 12.1 Å². The summed E-state index contributed by atoms with van der Waals surface area (Å²) in [4.78, 5) is 38.4. The van der Waals surface area contributed by atoms with E-state index in [4.69, 9.17) is 4.74 Å². The fourth-order valence-electron chi connectivity index (χ4n) is 3.33. The zero-order chi connectivity index (χ0) is 25.7. The van der Waals surface area contributed by atoms with Crippen LogP contribution in [0, 0.1) is 20.7 Å². The molecule has 1 aliphatic rings. The number of benzene rings is 3. The van der Waals surface area contributed by atoms with Crippen LogP contribution in [0.5, 0.6) is 5.75 Å². The van der Waals surface area contributed by atoms with E-state index in [2.05, 4.69) is 34.0 Å². The van der Waals surface area contributed by atoms with Gasteiger partial charge in [0.1, 0.15) is 24.7 Å². The smallest absolute Gasteiger partial charge is 0.294 e. The molecule has 3 aromatic carbocycles. The molecular weight excluding hydrogens is 596 g/mol. The lowest BCUT2D eigenvalue weighted by Crippen LogP contribution is -2.36. The molecule has 1 fully saturated rings. The minimum atomic E-state index is -0.613. The van der Waals surface area contributed by atoms with Crippen LogP contribution in [0.15, 0.2) is 71.6 Å². The van der Waals surface area contributed by atoms with Crippen molar-refractivity contribution >= 4 is 63.2 Å². The van der Waals surface area contributed by atoms with Crippen LogP contribution in [0.25, 0.3) is 6.08 Å². The van der Waals surface area contributed by atoms with Crippen LogP contribution in [-0.4, -0.2) is 28.5 Å². The van der Waals surface area contributed by atoms with Crippen molar-refractivity contribution in [2.45, 2.75) is 6.61 Å². The highest BCUT2D eigenvalue weighted by atomic mass is 127. The highest BCUT2D eigenvalue weighted by Crippen LogP contribution is 2.33. The van der Waals surface area contributed by atoms with Crippen LogP contribution in [0.4, 0.5) is 14.9 Å². The van der Waals surface area contributed by atoms with Gasteiger partial charge < -0.3 is 10.1 Å². The number of halogens is 2. The minimum absolute atomic E-state index is 0.186. The predicted molar refractivity (Wildman–Crippen MR) is 142 cm³/mol. The zero-order valence-corrected chi connectivity index (χ0v) is 21.5. The molecule has 0 atom stereocenters. The van der Waals surface area contributed by atoms with Crippen molar-refractivity contribution < 1.29 is 23.5 Å². The molecule has 1 saturated heterocycles. The number of hydrogen-bond donors (Lipinski definition) is 1. The summed E-state index contributed by atoms with van der Waals surface area (Å²) in [5.74, 6) is -1.09. The number of amides is 3. The quantitative estimate of drug-likeness (QED) is 0.277. The Labute approximate surface area is 224 Å². The molecule has 0 radical (unpaired) electrons. The lowest BCUT2D eigenvalue weighted by Gasteiger charge is -2.12. The Balaban J connectivity index is 1.41. The van der Waals surface area contributed by atoms with Gasteiger partial charge in [0, 0.05) is 11.3 Å². The third-order valence-electron chi connectivity index (χ3n) is 5.06. The number of ether oxygens (including phenoxy) is 1. The van der Waals surface area contributed by atoms with Crippen LogP contribution in [-0.2, 0) is 16.2 Å². The highest BCUT2D eigenvalue weighted by Gasteiger charge is 2.36. The van der Waals surface area contributed by atoms with E-state index in [1.165, 1.54) is 18.2 Å². The van der Waals surface area contributed by atoms with Crippen molar-refractivity contribution in [3.63, 3.8) is 0 Å². The van der Waals surface area contributed by atoms with E-state index in [0.717, 1.165) is 31.9 Å². The second-order valence-corrected chi connectivity index (χ2v) is 9.73. The number of carbonyl (C=O) groups excluding carboxylic acids is 3. The van der Waals surface area contributed by atoms with E-state index in [0.29, 0.717) is 16.9 Å². The maximum atomic E-state index is 13.3. The maximum Gasteiger partial charge on any atom is 0.294 e. The van der Waals surface area contributed by atoms with Gasteiger partial charge in [-0.3, -0.25) is 19.3 Å². The monoisotopic (exact) mass is 613 g/mol. The fourth-order valence-corrected chi connectivity index (χ4v) is 4.87. The summed E-state index contributed by atoms with van der Waals surface area (Å²) in [5, 5.41) is 11.1. The number of anilines is 1. The van der Waals surface area contributed by atoms with Gasteiger partial charge in [-0.05, 0) is 82.4 Å². The number of carbonyl (C=O) groups is 3. The predicted octanol–water partition coefficient (Wildman–Crippen LogP) is 5.56. The minimum Gasteiger partial charge on any atom is -0.488 e. The zero-order valence-electron chi connectivity index (χ0n) is 18.5. The normalized spacial score (nSPS) is 14.1. The first-order valence-electron chi connectivity index (χ1n) is 10.5. The van der Waals surface area contributed by atoms with Gasteiger partial charge >= 0.3 is 0 Å². The number of nitrogens with zero attached hydrogens (tertiary/aromatic N) is 2. The van der Waals surface area contributed by atoms with Gasteiger partial charge in [-0.25, -0.2) is 4.39 Å². The Morgan fingerprint density at radius 1 is 1.14 bits per heavy atom. The topological polar surface area (TPSA) is 99.5 Å². The number of rotatable bonds is 7. The first-order chi connectivity index (χ1) is 17.3. The second-order valence-electron chi connectivity index (χ2n) is 7.57. The van der Waals surface area contributed by atoms with Crippen LogP contribution in [0.2, 0.25) is 0 Å². The molecule has 0 unspecified atom stereocenters. The first kappa shape index (κ1) is 25.4. The molecule has 4 rings (SSSR count). The largest absolute Gasteiger partial charge is 0.488 e. The Hall–Kier alpha value is -3.69. The summed E-state index contributed by atoms with van der Waals surface area (Å²) in [5.41, 5.74) is 2.23. The lowest BCUT2D eigenvalue weighted by molar-refractivity contribution is -0.127. The maximum absolute atomic E-state index is 13.3. The summed E-state index contributed by atoms with van der Waals surface area (Å²) in [7, 11) is 0. The average Bonchev–Trinajstić information content (AvgIpc) is 3.11. The fraction of sp³-hybridized carbons (Fsp3) is 0.0769. The third kappa shape index (κ3) is 6.10. The molecule has 1 heterocycles. The Bertz CT molecular complexity index is 1440. The molecule has 0 saturated carbocycles. The average molecular weight is 613 g/mol. The van der Waals surface area contributed by atoms with Gasteiger partial charge in [0.15, 0.2) is 0 Å². The van der Waals surface area contributed by atoms with Crippen molar-refractivity contribution in [1.82, 2.24) is 4.90 Å². The van der Waals surface area contributed by atoms with Crippen LogP contribution >= 0.6 is 34.4 Å². The van der Waals surface area contributed by atoms with Crippen LogP contribution in [0.3, 0.4) is 0 Å². The number of imide groups is 1. The number of nitrogens with one attached hydrogen (secondary N) is 1. The molecule has 0 bridgehead atoms. The lowest BCUT2D eigenvalue weighted by atomic mass is 10.1. The van der Waals surface area contributed by atoms with Crippen molar-refractivity contribution in [1.29, 1.82) is 5.26 Å². The molecule has 0 spiro atoms. The second kappa shape index (κ2) is 11.4. The van der Waals surface area contributed by atoms with Crippen molar-refractivity contribution in [2.75, 3.05) is 11.9 Å². The summed E-state index contributed by atoms with van der Waals surface area (Å²) in [6.45, 7) is -0.247. The van der Waals surface area contributed by atoms with E-state index in [1.54, 1.807) is 36.4 Å². The van der Waals surface area contributed by atoms with E-state index < -0.39 is 29.4 Å². The van der Waals surface area contributed by atoms with Gasteiger partial charge in [-0.15, -0.1) is 0 Å². The third-order valence-corrected chi connectivity index (χ3v) is 6.81. The molecule has 36 heavy (non-hydrogen) atoms. The number of nitriles is 1. The molecule has 3 aromatic rings. The summed E-state index contributed by atoms with van der Waals surface area (Å²) in [6.07, 6.45) is 1.58.